The summed E-state index contributed by atoms with van der Waals surface area (Å²) in [7, 11) is 0. The normalized spacial score (nSPS) is 21.8. The molecule has 2 atom stereocenters. The van der Waals surface area contributed by atoms with Crippen LogP contribution in [0.15, 0.2) is 72.8 Å². The first-order valence-corrected chi connectivity index (χ1v) is 13.7. The Bertz CT molecular complexity index is 1520. The number of hydrogen-bond acceptors (Lipinski definition) is 0. The van der Waals surface area contributed by atoms with Gasteiger partial charge >= 0.3 is 0 Å². The highest BCUT2D eigenvalue weighted by atomic mass is 15.2. The van der Waals surface area contributed by atoms with Crippen molar-refractivity contribution in [2.75, 3.05) is 13.1 Å². The van der Waals surface area contributed by atoms with Gasteiger partial charge in [0.05, 0.1) is 18.0 Å². The van der Waals surface area contributed by atoms with Gasteiger partial charge < -0.3 is 0 Å². The van der Waals surface area contributed by atoms with E-state index in [1.165, 1.54) is 63.6 Å². The summed E-state index contributed by atoms with van der Waals surface area (Å²) in [4.78, 5) is 1.66. The summed E-state index contributed by atoms with van der Waals surface area (Å²) in [5.74, 6) is 0. The van der Waals surface area contributed by atoms with E-state index in [-0.39, 0.29) is 10.8 Å². The van der Waals surface area contributed by atoms with E-state index in [0.717, 1.165) is 6.54 Å². The van der Waals surface area contributed by atoms with Crippen molar-refractivity contribution in [3.63, 3.8) is 0 Å². The molecule has 0 amide bonds. The Balaban J connectivity index is 1.23. The lowest BCUT2D eigenvalue weighted by atomic mass is 9.79. The highest BCUT2D eigenvalue weighted by Gasteiger charge is 2.47. The van der Waals surface area contributed by atoms with Crippen LogP contribution in [-0.4, -0.2) is 29.4 Å². The number of hydrogen-bond donors (Lipinski definition) is 1. The first-order chi connectivity index (χ1) is 17.2. The van der Waals surface area contributed by atoms with E-state index in [9.17, 15) is 0 Å². The third-order valence-corrected chi connectivity index (χ3v) is 9.73. The van der Waals surface area contributed by atoms with Crippen LogP contribution in [0, 0.1) is 0 Å². The van der Waals surface area contributed by atoms with Crippen molar-refractivity contribution < 1.29 is 9.48 Å². The number of nitrogens with zero attached hydrogens (tertiary/aromatic N) is 1. The summed E-state index contributed by atoms with van der Waals surface area (Å²) >= 11 is 0. The van der Waals surface area contributed by atoms with Gasteiger partial charge in [-0.3, -0.25) is 4.90 Å². The van der Waals surface area contributed by atoms with Crippen LogP contribution in [0.5, 0.6) is 0 Å². The van der Waals surface area contributed by atoms with Crippen LogP contribution < -0.4 is 4.90 Å². The Labute approximate surface area is 216 Å². The molecule has 0 bridgehead atoms. The van der Waals surface area contributed by atoms with Gasteiger partial charge in [-0.15, -0.1) is 0 Å². The first-order valence-electron chi connectivity index (χ1n) is 13.7. The van der Waals surface area contributed by atoms with E-state index in [1.54, 1.807) is 10.5 Å². The van der Waals surface area contributed by atoms with Gasteiger partial charge in [-0.05, 0) is 74.4 Å². The number of benzene rings is 4. The molecule has 0 radical (unpaired) electrons. The Morgan fingerprint density at radius 2 is 1.36 bits per heavy atom. The zero-order valence-corrected chi connectivity index (χ0v) is 22.8. The summed E-state index contributed by atoms with van der Waals surface area (Å²) in [5, 5.41) is 5.56. The van der Waals surface area contributed by atoms with Gasteiger partial charge in [-0.2, -0.15) is 4.58 Å². The second-order valence-electron chi connectivity index (χ2n) is 12.2. The molecule has 2 heterocycles. The predicted molar refractivity (Wildman–Crippen MR) is 154 cm³/mol. The van der Waals surface area contributed by atoms with Gasteiger partial charge in [-0.25, -0.2) is 0 Å². The third-order valence-electron chi connectivity index (χ3n) is 9.73. The lowest BCUT2D eigenvalue weighted by Gasteiger charge is -2.26. The van der Waals surface area contributed by atoms with Crippen LogP contribution in [0.2, 0.25) is 0 Å². The van der Waals surface area contributed by atoms with Crippen molar-refractivity contribution in [2.24, 2.45) is 0 Å². The molecule has 0 spiro atoms. The van der Waals surface area contributed by atoms with Crippen molar-refractivity contribution in [3.8, 4) is 0 Å². The van der Waals surface area contributed by atoms with Crippen molar-refractivity contribution in [1.29, 1.82) is 0 Å². The molecule has 0 saturated heterocycles. The number of nitrogens with one attached hydrogen (secondary N) is 1. The minimum Gasteiger partial charge on any atom is -0.299 e. The fourth-order valence-corrected chi connectivity index (χ4v) is 7.18. The monoisotopic (exact) mass is 476 g/mol. The van der Waals surface area contributed by atoms with E-state index in [2.05, 4.69) is 119 Å². The van der Waals surface area contributed by atoms with E-state index >= 15 is 0 Å². The first kappa shape index (κ1) is 23.4. The van der Waals surface area contributed by atoms with Gasteiger partial charge in [0.2, 0.25) is 5.69 Å². The van der Waals surface area contributed by atoms with E-state index in [0.29, 0.717) is 6.04 Å². The predicted octanol–water partition coefficient (Wildman–Crippen LogP) is 7.07. The number of rotatable bonds is 5. The van der Waals surface area contributed by atoms with E-state index in [4.69, 9.17) is 0 Å². The molecule has 6 rings (SSSR count). The van der Waals surface area contributed by atoms with E-state index in [1.807, 2.05) is 0 Å². The van der Waals surface area contributed by atoms with Crippen molar-refractivity contribution in [1.82, 2.24) is 0 Å². The molecular formula is C34H40N2+2. The molecule has 2 unspecified atom stereocenters. The van der Waals surface area contributed by atoms with Gasteiger partial charge in [0.1, 0.15) is 12.2 Å². The molecule has 0 aromatic heterocycles. The minimum absolute atomic E-state index is 0.0644. The van der Waals surface area contributed by atoms with Gasteiger partial charge in [0.15, 0.2) is 5.71 Å². The SMILES string of the molecule is CC1=[N+](CCCC[NH+]2c3ccc4ccccc4c3C(C)(C)C2C)c2ccc3ccccc3c2C1(C)C. The zero-order valence-electron chi connectivity index (χ0n) is 22.8. The molecule has 184 valence electrons. The lowest BCUT2D eigenvalue weighted by Crippen LogP contribution is -3.10. The Kier molecular flexibility index (Phi) is 5.39. The smallest absolute Gasteiger partial charge is 0.210 e. The Morgan fingerprint density at radius 3 is 2.06 bits per heavy atom. The average Bonchev–Trinajstić information content (AvgIpc) is 3.20. The molecule has 2 heteroatoms. The van der Waals surface area contributed by atoms with Gasteiger partial charge in [-0.1, -0.05) is 48.5 Å². The van der Waals surface area contributed by atoms with Crippen molar-refractivity contribution >= 4 is 38.6 Å². The van der Waals surface area contributed by atoms with Crippen LogP contribution in [0.3, 0.4) is 0 Å². The minimum atomic E-state index is 0.0644. The fourth-order valence-electron chi connectivity index (χ4n) is 7.18. The fraction of sp³-hybridized carbons (Fsp3) is 0.382. The Hall–Kier alpha value is -2.97. The average molecular weight is 477 g/mol. The van der Waals surface area contributed by atoms with Crippen molar-refractivity contribution in [3.05, 3.63) is 83.9 Å². The Morgan fingerprint density at radius 1 is 0.750 bits per heavy atom. The molecule has 2 nitrogen and oxygen atoms in total. The number of quaternary nitrogens is 1. The molecule has 1 N–H and O–H groups in total. The number of fused-ring (bicyclic) bond motifs is 6. The van der Waals surface area contributed by atoms with Gasteiger partial charge in [0, 0.05) is 42.4 Å². The van der Waals surface area contributed by atoms with Crippen LogP contribution in [0.4, 0.5) is 11.4 Å². The lowest BCUT2D eigenvalue weighted by molar-refractivity contribution is -0.856. The maximum absolute atomic E-state index is 2.61. The molecule has 4 aromatic carbocycles. The maximum Gasteiger partial charge on any atom is 0.210 e. The molecule has 36 heavy (non-hydrogen) atoms. The highest BCUT2D eigenvalue weighted by molar-refractivity contribution is 6.01. The zero-order chi connectivity index (χ0) is 25.2. The van der Waals surface area contributed by atoms with E-state index < -0.39 is 0 Å². The van der Waals surface area contributed by atoms with Crippen LogP contribution in [0.1, 0.15) is 65.5 Å². The topological polar surface area (TPSA) is 7.45 Å². The maximum atomic E-state index is 2.61. The van der Waals surface area contributed by atoms with Crippen LogP contribution in [0.25, 0.3) is 21.5 Å². The van der Waals surface area contributed by atoms with Gasteiger partial charge in [0.25, 0.3) is 0 Å². The second-order valence-corrected chi connectivity index (χ2v) is 12.2. The molecule has 0 fully saturated rings. The standard InChI is InChI=1S/C34H39N2/c1-23-33(3,4)31-27-15-9-7-13-25(27)17-19-29(31)35(23)21-11-12-22-36-24(2)34(5,6)32-28-16-10-8-14-26(28)18-20-30(32)36/h7-10,13-20,23H,11-12,21-22H2,1-6H3/q+1/p+1. The highest BCUT2D eigenvalue weighted by Crippen LogP contribution is 2.44. The molecule has 2 aliphatic heterocycles. The molecule has 2 aliphatic rings. The molecule has 0 aliphatic carbocycles. The van der Waals surface area contributed by atoms with Crippen LogP contribution >= 0.6 is 0 Å². The third kappa shape index (κ3) is 3.30. The molecular weight excluding hydrogens is 436 g/mol. The molecule has 0 saturated carbocycles. The van der Waals surface area contributed by atoms with Crippen molar-refractivity contribution in [2.45, 2.75) is 71.3 Å². The largest absolute Gasteiger partial charge is 0.299 e. The summed E-state index contributed by atoms with van der Waals surface area (Å²) in [5.41, 5.74) is 7.72. The summed E-state index contributed by atoms with van der Waals surface area (Å²) in [6, 6.07) is 27.8. The number of unbranched alkanes of at least 4 members (excludes halogenated alkanes) is 1. The summed E-state index contributed by atoms with van der Waals surface area (Å²) in [6.45, 7) is 16.8. The summed E-state index contributed by atoms with van der Waals surface area (Å²) < 4.78 is 2.61. The second kappa shape index (κ2) is 8.28. The quantitative estimate of drug-likeness (QED) is 0.233. The molecule has 4 aromatic rings. The van der Waals surface area contributed by atoms with Crippen LogP contribution in [-0.2, 0) is 10.8 Å². The summed E-state index contributed by atoms with van der Waals surface area (Å²) in [6.07, 6.45) is 2.44.